The van der Waals surface area contributed by atoms with Crippen molar-refractivity contribution in [2.75, 3.05) is 26.4 Å². The molecule has 286 valence electrons. The minimum absolute atomic E-state index is 0.0280. The molecule has 0 aliphatic rings. The summed E-state index contributed by atoms with van der Waals surface area (Å²) in [6.07, 6.45) is 47.1. The van der Waals surface area contributed by atoms with Crippen molar-refractivity contribution in [2.45, 2.75) is 110 Å². The highest BCUT2D eigenvalue weighted by Crippen LogP contribution is 2.43. The van der Waals surface area contributed by atoms with Gasteiger partial charge in [0.15, 0.2) is 6.10 Å². The second-order valence-electron chi connectivity index (χ2n) is 11.5. The normalized spacial score (nSPS) is 14.7. The third-order valence-corrected chi connectivity index (χ3v) is 7.75. The van der Waals surface area contributed by atoms with Crippen molar-refractivity contribution in [1.82, 2.24) is 0 Å². The first kappa shape index (κ1) is 47.7. The largest absolute Gasteiger partial charge is 0.472 e. The zero-order valence-electron chi connectivity index (χ0n) is 31.0. The maximum absolute atomic E-state index is 12.5. The van der Waals surface area contributed by atoms with Crippen LogP contribution in [0.25, 0.3) is 0 Å². The van der Waals surface area contributed by atoms with Crippen molar-refractivity contribution in [2.24, 2.45) is 5.73 Å². The summed E-state index contributed by atoms with van der Waals surface area (Å²) in [5, 5.41) is 0. The van der Waals surface area contributed by atoms with Crippen LogP contribution in [0.2, 0.25) is 0 Å². The standard InChI is InChI=1S/C41H64NO8P/c1-3-5-7-9-11-13-15-17-18-19-20-22-23-25-27-29-31-33-40(43)47-37-39(38-49-51(45,46)48-36-35-42)50-41(44)34-32-30-28-26-24-21-16-14-12-10-8-6-4-2/h6,8,10-14,16-18,20-22,24-28,39H,3-5,7,9,15,19,23,29-38,42H2,1-2H3,(H,45,46)/b8-6+,12-10+,13-11+,16-14+,18-17+,22-20+,24-21+,27-25+,28-26+. The molecule has 0 aromatic heterocycles. The molecule has 51 heavy (non-hydrogen) atoms. The molecule has 0 heterocycles. The van der Waals surface area contributed by atoms with Gasteiger partial charge in [0, 0.05) is 19.4 Å². The van der Waals surface area contributed by atoms with Crippen LogP contribution < -0.4 is 5.73 Å². The fourth-order valence-corrected chi connectivity index (χ4v) is 4.83. The SMILES string of the molecule is CC/C=C/C=C/C=C/C=C/C=C/CCCC(=O)OC(COC(=O)CCC/C=C/C/C=C/C/C=C/C/C=C/CCCCC)COP(=O)(O)OCCN. The molecule has 0 bridgehead atoms. The van der Waals surface area contributed by atoms with Crippen LogP contribution >= 0.6 is 7.82 Å². The van der Waals surface area contributed by atoms with E-state index < -0.39 is 32.5 Å². The summed E-state index contributed by atoms with van der Waals surface area (Å²) >= 11 is 0. The van der Waals surface area contributed by atoms with Gasteiger partial charge in [-0.15, -0.1) is 0 Å². The molecule has 0 radical (unpaired) electrons. The predicted octanol–water partition coefficient (Wildman–Crippen LogP) is 10.0. The molecule has 0 saturated heterocycles. The first-order valence-corrected chi connectivity index (χ1v) is 19.9. The van der Waals surface area contributed by atoms with E-state index in [0.29, 0.717) is 19.3 Å². The van der Waals surface area contributed by atoms with Gasteiger partial charge < -0.3 is 20.1 Å². The maximum Gasteiger partial charge on any atom is 0.472 e. The second-order valence-corrected chi connectivity index (χ2v) is 12.9. The van der Waals surface area contributed by atoms with Gasteiger partial charge in [-0.2, -0.15) is 0 Å². The number of phosphoric acid groups is 1. The minimum atomic E-state index is -4.41. The number of phosphoric ester groups is 1. The summed E-state index contributed by atoms with van der Waals surface area (Å²) in [5.74, 6) is -0.998. The van der Waals surface area contributed by atoms with Crippen LogP contribution in [0.5, 0.6) is 0 Å². The highest BCUT2D eigenvalue weighted by atomic mass is 31.2. The van der Waals surface area contributed by atoms with Gasteiger partial charge in [-0.1, -0.05) is 136 Å². The fourth-order valence-electron chi connectivity index (χ4n) is 4.07. The Kier molecular flexibility index (Phi) is 34.1. The lowest BCUT2D eigenvalue weighted by molar-refractivity contribution is -0.161. The lowest BCUT2D eigenvalue weighted by Crippen LogP contribution is -2.29. The molecular formula is C41H64NO8P. The Balaban J connectivity index is 4.48. The molecule has 0 spiro atoms. The van der Waals surface area contributed by atoms with Crippen LogP contribution in [0.15, 0.2) is 109 Å². The Labute approximate surface area is 308 Å². The molecular weight excluding hydrogens is 665 g/mol. The minimum Gasteiger partial charge on any atom is -0.462 e. The predicted molar refractivity (Wildman–Crippen MR) is 210 cm³/mol. The third-order valence-electron chi connectivity index (χ3n) is 6.77. The van der Waals surface area contributed by atoms with Crippen LogP contribution in [0.1, 0.15) is 104 Å². The van der Waals surface area contributed by atoms with Crippen LogP contribution in [0, 0.1) is 0 Å². The number of carbonyl (C=O) groups is 2. The Bertz CT molecular complexity index is 1200. The van der Waals surface area contributed by atoms with E-state index in [-0.39, 0.29) is 32.6 Å². The monoisotopic (exact) mass is 729 g/mol. The van der Waals surface area contributed by atoms with Crippen LogP contribution in [-0.2, 0) is 32.7 Å². The molecule has 2 atom stereocenters. The molecule has 0 fully saturated rings. The van der Waals surface area contributed by atoms with E-state index in [4.69, 9.17) is 24.3 Å². The lowest BCUT2D eigenvalue weighted by atomic mass is 10.2. The summed E-state index contributed by atoms with van der Waals surface area (Å²) in [4.78, 5) is 34.6. The molecule has 0 rings (SSSR count). The summed E-state index contributed by atoms with van der Waals surface area (Å²) < 4.78 is 32.5. The first-order chi connectivity index (χ1) is 24.8. The third kappa shape index (κ3) is 36.3. The second kappa shape index (κ2) is 36.5. The molecule has 0 aliphatic heterocycles. The maximum atomic E-state index is 12.5. The van der Waals surface area contributed by atoms with E-state index in [9.17, 15) is 19.0 Å². The van der Waals surface area contributed by atoms with E-state index in [1.807, 2.05) is 60.8 Å². The van der Waals surface area contributed by atoms with Crippen LogP contribution in [0.4, 0.5) is 0 Å². The van der Waals surface area contributed by atoms with Crippen molar-refractivity contribution < 1.29 is 37.6 Å². The number of ether oxygens (including phenoxy) is 2. The summed E-state index contributed by atoms with van der Waals surface area (Å²) in [7, 11) is -4.41. The first-order valence-electron chi connectivity index (χ1n) is 18.4. The average molecular weight is 730 g/mol. The molecule has 0 saturated carbocycles. The van der Waals surface area contributed by atoms with Gasteiger partial charge in [0.2, 0.25) is 0 Å². The Hall–Kier alpha value is -3.33. The Morgan fingerprint density at radius 3 is 1.71 bits per heavy atom. The van der Waals surface area contributed by atoms with E-state index in [2.05, 4.69) is 62.5 Å². The van der Waals surface area contributed by atoms with Crippen LogP contribution in [-0.4, -0.2) is 49.3 Å². The number of nitrogens with two attached hydrogens (primary N) is 1. The fraction of sp³-hybridized carbons (Fsp3) is 0.512. The van der Waals surface area contributed by atoms with E-state index in [0.717, 1.165) is 32.1 Å². The number of carbonyl (C=O) groups excluding carboxylic acids is 2. The highest BCUT2D eigenvalue weighted by Gasteiger charge is 2.25. The topological polar surface area (TPSA) is 134 Å². The number of allylic oxidation sites excluding steroid dienone is 18. The van der Waals surface area contributed by atoms with Crippen molar-refractivity contribution in [1.29, 1.82) is 0 Å². The summed E-state index contributed by atoms with van der Waals surface area (Å²) in [6, 6.07) is 0. The zero-order chi connectivity index (χ0) is 37.5. The molecule has 2 unspecified atom stereocenters. The zero-order valence-corrected chi connectivity index (χ0v) is 31.9. The van der Waals surface area contributed by atoms with E-state index in [1.165, 1.54) is 25.7 Å². The van der Waals surface area contributed by atoms with Crippen molar-refractivity contribution in [3.63, 3.8) is 0 Å². The summed E-state index contributed by atoms with van der Waals surface area (Å²) in [5.41, 5.74) is 5.32. The number of esters is 2. The number of hydrogen-bond donors (Lipinski definition) is 2. The highest BCUT2D eigenvalue weighted by molar-refractivity contribution is 7.47. The van der Waals surface area contributed by atoms with Gasteiger partial charge in [-0.05, 0) is 64.2 Å². The Morgan fingerprint density at radius 1 is 0.627 bits per heavy atom. The van der Waals surface area contributed by atoms with Gasteiger partial charge in [0.1, 0.15) is 6.61 Å². The lowest BCUT2D eigenvalue weighted by Gasteiger charge is -2.19. The number of hydrogen-bond acceptors (Lipinski definition) is 8. The number of unbranched alkanes of at least 4 members (excludes halogenated alkanes) is 5. The van der Waals surface area contributed by atoms with Crippen molar-refractivity contribution in [3.05, 3.63) is 109 Å². The van der Waals surface area contributed by atoms with Crippen molar-refractivity contribution in [3.8, 4) is 0 Å². The molecule has 0 aliphatic carbocycles. The smallest absolute Gasteiger partial charge is 0.462 e. The molecule has 0 aromatic carbocycles. The van der Waals surface area contributed by atoms with Gasteiger partial charge >= 0.3 is 19.8 Å². The number of rotatable bonds is 32. The molecule has 0 amide bonds. The molecule has 3 N–H and O–H groups in total. The van der Waals surface area contributed by atoms with Gasteiger partial charge in [0.25, 0.3) is 0 Å². The molecule has 0 aromatic rings. The van der Waals surface area contributed by atoms with Gasteiger partial charge in [-0.3, -0.25) is 18.6 Å². The molecule has 9 nitrogen and oxygen atoms in total. The van der Waals surface area contributed by atoms with Gasteiger partial charge in [-0.25, -0.2) is 4.57 Å². The van der Waals surface area contributed by atoms with Gasteiger partial charge in [0.05, 0.1) is 13.2 Å². The quantitative estimate of drug-likeness (QED) is 0.0228. The van der Waals surface area contributed by atoms with Crippen LogP contribution in [0.3, 0.4) is 0 Å². The van der Waals surface area contributed by atoms with E-state index in [1.54, 1.807) is 0 Å². The summed E-state index contributed by atoms with van der Waals surface area (Å²) in [6.45, 7) is 3.35. The van der Waals surface area contributed by atoms with Crippen molar-refractivity contribution >= 4 is 19.8 Å². The van der Waals surface area contributed by atoms with E-state index >= 15 is 0 Å². The Morgan fingerprint density at radius 2 is 1.14 bits per heavy atom. The average Bonchev–Trinajstić information content (AvgIpc) is 3.11. The molecule has 10 heteroatoms.